The summed E-state index contributed by atoms with van der Waals surface area (Å²) in [6.45, 7) is 7.85. The molecule has 0 radical (unpaired) electrons. The highest BCUT2D eigenvalue weighted by Gasteiger charge is 2.28. The van der Waals surface area contributed by atoms with Gasteiger partial charge in [0.1, 0.15) is 6.10 Å². The molecule has 6 heteroatoms. The van der Waals surface area contributed by atoms with Crippen molar-refractivity contribution in [3.05, 3.63) is 0 Å². The van der Waals surface area contributed by atoms with Gasteiger partial charge in [-0.2, -0.15) is 0 Å². The van der Waals surface area contributed by atoms with Crippen molar-refractivity contribution in [1.82, 2.24) is 0 Å². The van der Waals surface area contributed by atoms with E-state index in [9.17, 15) is 14.4 Å². The van der Waals surface area contributed by atoms with Crippen molar-refractivity contribution in [1.29, 1.82) is 0 Å². The van der Waals surface area contributed by atoms with Crippen molar-refractivity contribution >= 4 is 17.9 Å². The molecule has 0 aliphatic rings. The lowest BCUT2D eigenvalue weighted by atomic mass is 9.94. The van der Waals surface area contributed by atoms with E-state index in [0.29, 0.717) is 0 Å². The summed E-state index contributed by atoms with van der Waals surface area (Å²) in [5.74, 6) is -1.56. The molecule has 0 saturated carbocycles. The predicted octanol–water partition coefficient (Wildman–Crippen LogP) is 1.32. The van der Waals surface area contributed by atoms with Gasteiger partial charge in [0.2, 0.25) is 0 Å². The summed E-state index contributed by atoms with van der Waals surface area (Å²) in [5, 5.41) is 0. The molecule has 0 N–H and O–H groups in total. The second kappa shape index (κ2) is 8.50. The molecule has 0 amide bonds. The maximum absolute atomic E-state index is 11.1. The van der Waals surface area contributed by atoms with Crippen LogP contribution in [0.25, 0.3) is 0 Å². The summed E-state index contributed by atoms with van der Waals surface area (Å²) < 4.78 is 15.0. The Hall–Kier alpha value is -1.59. The Morgan fingerprint density at radius 2 is 1.16 bits per heavy atom. The molecule has 1 unspecified atom stereocenters. The fourth-order valence-corrected chi connectivity index (χ4v) is 1.67. The van der Waals surface area contributed by atoms with Crippen molar-refractivity contribution in [2.45, 2.75) is 40.7 Å². The van der Waals surface area contributed by atoms with Gasteiger partial charge in [-0.3, -0.25) is 14.4 Å². The molecule has 0 aromatic carbocycles. The summed E-state index contributed by atoms with van der Waals surface area (Å²) in [7, 11) is 0. The molecule has 0 aromatic heterocycles. The van der Waals surface area contributed by atoms with E-state index in [1.165, 1.54) is 20.8 Å². The van der Waals surface area contributed by atoms with Crippen molar-refractivity contribution in [3.63, 3.8) is 0 Å². The molecule has 110 valence electrons. The van der Waals surface area contributed by atoms with Crippen molar-refractivity contribution in [2.75, 3.05) is 13.2 Å². The minimum absolute atomic E-state index is 0.150. The fourth-order valence-electron chi connectivity index (χ4n) is 1.67. The highest BCUT2D eigenvalue weighted by Crippen LogP contribution is 2.18. The van der Waals surface area contributed by atoms with Crippen LogP contribution in [-0.2, 0) is 28.6 Å². The van der Waals surface area contributed by atoms with E-state index in [1.807, 2.05) is 0 Å². The quantitative estimate of drug-likeness (QED) is 0.514. The summed E-state index contributed by atoms with van der Waals surface area (Å²) in [5.41, 5.74) is 0. The van der Waals surface area contributed by atoms with Crippen molar-refractivity contribution in [2.24, 2.45) is 11.8 Å². The number of hydrogen-bond acceptors (Lipinski definition) is 6. The summed E-state index contributed by atoms with van der Waals surface area (Å²) >= 11 is 0. The van der Waals surface area contributed by atoms with Crippen LogP contribution in [0.15, 0.2) is 0 Å². The smallest absolute Gasteiger partial charge is 0.302 e. The van der Waals surface area contributed by atoms with E-state index in [4.69, 9.17) is 14.2 Å². The molecule has 19 heavy (non-hydrogen) atoms. The molecule has 0 aromatic rings. The Balaban J connectivity index is 4.54. The number of carbonyl (C=O) groups is 3. The van der Waals surface area contributed by atoms with Gasteiger partial charge in [0.05, 0.1) is 13.2 Å². The van der Waals surface area contributed by atoms with Gasteiger partial charge in [0.15, 0.2) is 0 Å². The third kappa shape index (κ3) is 8.18. The van der Waals surface area contributed by atoms with Crippen LogP contribution in [0.5, 0.6) is 0 Å². The molecule has 0 fully saturated rings. The zero-order valence-corrected chi connectivity index (χ0v) is 12.1. The Morgan fingerprint density at radius 3 is 1.42 bits per heavy atom. The highest BCUT2D eigenvalue weighted by molar-refractivity contribution is 5.67. The Kier molecular flexibility index (Phi) is 7.79. The van der Waals surface area contributed by atoms with Crippen molar-refractivity contribution in [3.8, 4) is 0 Å². The lowest BCUT2D eigenvalue weighted by molar-refractivity contribution is -0.158. The summed E-state index contributed by atoms with van der Waals surface area (Å²) in [4.78, 5) is 32.7. The standard InChI is InChI=1S/C13H22O6/c1-8(6-17-10(3)14)13(19-12(5)16)9(2)7-18-11(4)15/h8-9,13H,6-7H2,1-5H3/t8-,9+,13?. The lowest BCUT2D eigenvalue weighted by Crippen LogP contribution is -2.36. The van der Waals surface area contributed by atoms with Gasteiger partial charge < -0.3 is 14.2 Å². The Bertz CT molecular complexity index is 301. The second-order valence-electron chi connectivity index (χ2n) is 4.63. The third-order valence-corrected chi connectivity index (χ3v) is 2.52. The van der Waals surface area contributed by atoms with E-state index in [-0.39, 0.29) is 37.0 Å². The van der Waals surface area contributed by atoms with E-state index < -0.39 is 12.1 Å². The first-order valence-corrected chi connectivity index (χ1v) is 6.18. The average Bonchev–Trinajstić information content (AvgIpc) is 2.29. The molecule has 0 aliphatic carbocycles. The monoisotopic (exact) mass is 274 g/mol. The largest absolute Gasteiger partial charge is 0.465 e. The maximum Gasteiger partial charge on any atom is 0.302 e. The molecule has 0 aliphatic heterocycles. The normalized spacial score (nSPS) is 15.0. The molecule has 6 nitrogen and oxygen atoms in total. The topological polar surface area (TPSA) is 78.9 Å². The molecule has 0 rings (SSSR count). The number of ether oxygens (including phenoxy) is 3. The van der Waals surface area contributed by atoms with Gasteiger partial charge in [0, 0.05) is 32.6 Å². The number of carbonyl (C=O) groups excluding carboxylic acids is 3. The molecule has 0 heterocycles. The van der Waals surface area contributed by atoms with Gasteiger partial charge in [-0.05, 0) is 0 Å². The molecular formula is C13H22O6. The van der Waals surface area contributed by atoms with Crippen molar-refractivity contribution < 1.29 is 28.6 Å². The van der Waals surface area contributed by atoms with Crippen LogP contribution in [0.3, 0.4) is 0 Å². The Labute approximate surface area is 113 Å². The summed E-state index contributed by atoms with van der Waals surface area (Å²) in [6.07, 6.45) is -0.476. The van der Waals surface area contributed by atoms with E-state index in [0.717, 1.165) is 0 Å². The molecule has 0 spiro atoms. The van der Waals surface area contributed by atoms with E-state index in [2.05, 4.69) is 0 Å². The van der Waals surface area contributed by atoms with Crippen LogP contribution < -0.4 is 0 Å². The minimum atomic E-state index is -0.476. The van der Waals surface area contributed by atoms with Gasteiger partial charge in [-0.1, -0.05) is 13.8 Å². The average molecular weight is 274 g/mol. The molecular weight excluding hydrogens is 252 g/mol. The number of rotatable bonds is 7. The zero-order chi connectivity index (χ0) is 15.0. The van der Waals surface area contributed by atoms with Gasteiger partial charge in [0.25, 0.3) is 0 Å². The first-order chi connectivity index (χ1) is 8.73. The predicted molar refractivity (Wildman–Crippen MR) is 67.1 cm³/mol. The first kappa shape index (κ1) is 17.4. The van der Waals surface area contributed by atoms with E-state index in [1.54, 1.807) is 13.8 Å². The first-order valence-electron chi connectivity index (χ1n) is 6.18. The van der Waals surface area contributed by atoms with Gasteiger partial charge >= 0.3 is 17.9 Å². The lowest BCUT2D eigenvalue weighted by Gasteiger charge is -2.28. The number of esters is 3. The van der Waals surface area contributed by atoms with Crippen LogP contribution in [0.1, 0.15) is 34.6 Å². The van der Waals surface area contributed by atoms with Crippen LogP contribution in [0.4, 0.5) is 0 Å². The van der Waals surface area contributed by atoms with Crippen LogP contribution in [0, 0.1) is 11.8 Å². The molecule has 3 atom stereocenters. The van der Waals surface area contributed by atoms with E-state index >= 15 is 0 Å². The second-order valence-corrected chi connectivity index (χ2v) is 4.63. The summed E-state index contributed by atoms with van der Waals surface area (Å²) in [6, 6.07) is 0. The maximum atomic E-state index is 11.1. The van der Waals surface area contributed by atoms with Crippen LogP contribution in [-0.4, -0.2) is 37.2 Å². The van der Waals surface area contributed by atoms with Crippen LogP contribution in [0.2, 0.25) is 0 Å². The van der Waals surface area contributed by atoms with Gasteiger partial charge in [-0.15, -0.1) is 0 Å². The fraction of sp³-hybridized carbons (Fsp3) is 0.769. The zero-order valence-electron chi connectivity index (χ0n) is 12.1. The minimum Gasteiger partial charge on any atom is -0.465 e. The molecule has 0 bridgehead atoms. The molecule has 0 saturated heterocycles. The van der Waals surface area contributed by atoms with Gasteiger partial charge in [-0.25, -0.2) is 0 Å². The Morgan fingerprint density at radius 1 is 0.789 bits per heavy atom. The SMILES string of the molecule is CC(=O)OC[C@@H](C)C(OC(C)=O)[C@@H](C)COC(C)=O. The third-order valence-electron chi connectivity index (χ3n) is 2.52. The van der Waals surface area contributed by atoms with Crippen LogP contribution >= 0.6 is 0 Å². The highest BCUT2D eigenvalue weighted by atomic mass is 16.6. The number of hydrogen-bond donors (Lipinski definition) is 0.